The van der Waals surface area contributed by atoms with E-state index in [0.717, 1.165) is 44.3 Å². The second kappa shape index (κ2) is 7.75. The van der Waals surface area contributed by atoms with E-state index in [1.54, 1.807) is 0 Å². The summed E-state index contributed by atoms with van der Waals surface area (Å²) in [5.41, 5.74) is 0. The van der Waals surface area contributed by atoms with Crippen molar-refractivity contribution in [1.29, 1.82) is 0 Å². The number of sulfone groups is 1. The van der Waals surface area contributed by atoms with Gasteiger partial charge in [-0.2, -0.15) is 4.98 Å². The molecule has 0 aliphatic heterocycles. The molecule has 1 heterocycles. The first-order valence-corrected chi connectivity index (χ1v) is 10.4. The minimum Gasteiger partial charge on any atom is -0.338 e. The molecule has 0 bridgehead atoms. The average molecular weight is 343 g/mol. The molecule has 1 saturated carbocycles. The lowest BCUT2D eigenvalue weighted by Gasteiger charge is -2.36. The molecule has 0 saturated heterocycles. The molecule has 2 rings (SSSR count). The van der Waals surface area contributed by atoms with Crippen molar-refractivity contribution in [2.24, 2.45) is 5.92 Å². The Kier molecular flexibility index (Phi) is 6.19. The number of nitrogens with zero attached hydrogens (tertiary/aromatic N) is 3. The van der Waals surface area contributed by atoms with Crippen molar-refractivity contribution in [2.75, 3.05) is 13.3 Å². The van der Waals surface area contributed by atoms with Crippen molar-refractivity contribution < 1.29 is 12.9 Å². The molecule has 0 unspecified atom stereocenters. The van der Waals surface area contributed by atoms with Crippen LogP contribution in [0.15, 0.2) is 4.52 Å². The Bertz CT molecular complexity index is 597. The Morgan fingerprint density at radius 1 is 1.30 bits per heavy atom. The first kappa shape index (κ1) is 18.4. The highest BCUT2D eigenvalue weighted by atomic mass is 32.2. The van der Waals surface area contributed by atoms with Gasteiger partial charge in [-0.05, 0) is 32.2 Å². The van der Waals surface area contributed by atoms with Crippen LogP contribution in [0.5, 0.6) is 0 Å². The van der Waals surface area contributed by atoms with Gasteiger partial charge in [0.25, 0.3) is 0 Å². The zero-order valence-corrected chi connectivity index (χ0v) is 15.5. The van der Waals surface area contributed by atoms with Gasteiger partial charge in [0.1, 0.15) is 0 Å². The summed E-state index contributed by atoms with van der Waals surface area (Å²) in [5, 5.41) is 3.74. The number of aryl methyl sites for hydroxylation is 1. The quantitative estimate of drug-likeness (QED) is 0.757. The minimum absolute atomic E-state index is 0.0322. The van der Waals surface area contributed by atoms with Gasteiger partial charge in [0.2, 0.25) is 5.89 Å². The summed E-state index contributed by atoms with van der Waals surface area (Å²) in [5.74, 6) is 1.92. The summed E-state index contributed by atoms with van der Waals surface area (Å²) in [7, 11) is -1.08. The summed E-state index contributed by atoms with van der Waals surface area (Å²) in [6, 6.07) is 0.0322. The van der Waals surface area contributed by atoms with E-state index in [1.807, 2.05) is 7.05 Å². The molecule has 0 N–H and O–H groups in total. The van der Waals surface area contributed by atoms with Crippen molar-refractivity contribution in [2.45, 2.75) is 70.2 Å². The predicted octanol–water partition coefficient (Wildman–Crippen LogP) is 2.45. The third-order valence-corrected chi connectivity index (χ3v) is 6.27. The molecule has 1 fully saturated rings. The maximum Gasteiger partial charge on any atom is 0.240 e. The van der Waals surface area contributed by atoms with Gasteiger partial charge in [0.05, 0.1) is 11.8 Å². The Hall–Kier alpha value is -0.950. The zero-order chi connectivity index (χ0) is 17.0. The van der Waals surface area contributed by atoms with E-state index < -0.39 is 9.84 Å². The van der Waals surface area contributed by atoms with Crippen molar-refractivity contribution in [3.8, 4) is 0 Å². The van der Waals surface area contributed by atoms with Gasteiger partial charge in [-0.15, -0.1) is 0 Å². The predicted molar refractivity (Wildman–Crippen MR) is 89.8 cm³/mol. The maximum absolute atomic E-state index is 12.0. The molecule has 0 amide bonds. The van der Waals surface area contributed by atoms with E-state index in [-0.39, 0.29) is 11.3 Å². The lowest BCUT2D eigenvalue weighted by atomic mass is 9.94. The van der Waals surface area contributed by atoms with Crippen LogP contribution < -0.4 is 0 Å². The molecular formula is C16H29N3O3S. The van der Waals surface area contributed by atoms with E-state index in [9.17, 15) is 8.42 Å². The summed E-state index contributed by atoms with van der Waals surface area (Å²) in [4.78, 5) is 6.50. The molecule has 0 spiro atoms. The van der Waals surface area contributed by atoms with Crippen LogP contribution in [0.1, 0.15) is 57.7 Å². The summed E-state index contributed by atoms with van der Waals surface area (Å²) in [6.07, 6.45) is 6.92. The fraction of sp³-hybridized carbons (Fsp3) is 0.875. The van der Waals surface area contributed by atoms with Gasteiger partial charge in [-0.3, -0.25) is 4.90 Å². The largest absolute Gasteiger partial charge is 0.338 e. The molecule has 0 aromatic carbocycles. The molecule has 7 heteroatoms. The van der Waals surface area contributed by atoms with Gasteiger partial charge >= 0.3 is 0 Å². The van der Waals surface area contributed by atoms with Crippen molar-refractivity contribution >= 4 is 9.84 Å². The van der Waals surface area contributed by atoms with Crippen LogP contribution in [0.25, 0.3) is 0 Å². The van der Waals surface area contributed by atoms with E-state index in [1.165, 1.54) is 6.26 Å². The Balaban J connectivity index is 1.98. The van der Waals surface area contributed by atoms with Crippen LogP contribution in [-0.2, 0) is 22.8 Å². The van der Waals surface area contributed by atoms with E-state index in [0.29, 0.717) is 18.4 Å². The summed E-state index contributed by atoms with van der Waals surface area (Å²) in [6.45, 7) is 4.84. The molecular weight excluding hydrogens is 314 g/mol. The first-order chi connectivity index (χ1) is 10.8. The molecule has 6 nitrogen and oxygen atoms in total. The van der Waals surface area contributed by atoms with Crippen LogP contribution in [0.4, 0.5) is 0 Å². The Morgan fingerprint density at radius 2 is 2.00 bits per heavy atom. The van der Waals surface area contributed by atoms with Gasteiger partial charge in [0.15, 0.2) is 15.7 Å². The molecule has 1 aromatic rings. The van der Waals surface area contributed by atoms with Gasteiger partial charge < -0.3 is 4.52 Å². The normalized spacial score (nSPS) is 22.9. The van der Waals surface area contributed by atoms with Crippen LogP contribution in [-0.4, -0.2) is 48.1 Å². The second-order valence-electron chi connectivity index (χ2n) is 7.17. The van der Waals surface area contributed by atoms with Gasteiger partial charge in [-0.1, -0.05) is 31.8 Å². The van der Waals surface area contributed by atoms with Crippen molar-refractivity contribution in [3.05, 3.63) is 11.7 Å². The van der Waals surface area contributed by atoms with Crippen molar-refractivity contribution in [3.63, 3.8) is 0 Å². The van der Waals surface area contributed by atoms with E-state index in [2.05, 4.69) is 28.9 Å². The maximum atomic E-state index is 12.0. The zero-order valence-electron chi connectivity index (χ0n) is 14.7. The topological polar surface area (TPSA) is 76.3 Å². The average Bonchev–Trinajstić information content (AvgIpc) is 2.92. The number of rotatable bonds is 7. The van der Waals surface area contributed by atoms with Gasteiger partial charge in [-0.25, -0.2) is 8.42 Å². The highest BCUT2D eigenvalue weighted by Crippen LogP contribution is 2.28. The molecule has 1 aliphatic rings. The lowest BCUT2D eigenvalue weighted by Crippen LogP contribution is -2.46. The highest BCUT2D eigenvalue weighted by Gasteiger charge is 2.35. The molecule has 1 aliphatic carbocycles. The van der Waals surface area contributed by atoms with Crippen LogP contribution in [0.3, 0.4) is 0 Å². The second-order valence-corrected chi connectivity index (χ2v) is 9.44. The fourth-order valence-corrected chi connectivity index (χ4v) is 4.79. The van der Waals surface area contributed by atoms with Crippen LogP contribution in [0, 0.1) is 5.92 Å². The molecule has 1 aromatic heterocycles. The molecule has 2 atom stereocenters. The Labute approximate surface area is 139 Å². The Morgan fingerprint density at radius 3 is 2.65 bits per heavy atom. The van der Waals surface area contributed by atoms with Gasteiger partial charge in [0, 0.05) is 18.7 Å². The highest BCUT2D eigenvalue weighted by molar-refractivity contribution is 7.91. The number of hydrogen-bond donors (Lipinski definition) is 0. The minimum atomic E-state index is -3.03. The first-order valence-electron chi connectivity index (χ1n) is 8.48. The number of aromatic nitrogens is 2. The van der Waals surface area contributed by atoms with Crippen molar-refractivity contribution in [1.82, 2.24) is 15.0 Å². The smallest absolute Gasteiger partial charge is 0.240 e. The lowest BCUT2D eigenvalue weighted by molar-refractivity contribution is 0.167. The molecule has 132 valence electrons. The summed E-state index contributed by atoms with van der Waals surface area (Å²) >= 11 is 0. The molecule has 0 radical (unpaired) electrons. The third kappa shape index (κ3) is 5.28. The van der Waals surface area contributed by atoms with E-state index in [4.69, 9.17) is 4.52 Å². The third-order valence-electron chi connectivity index (χ3n) is 4.62. The standard InChI is InChI=1S/C16H29N3O3S/c1-12(2)9-10-15-17-16(22-18-15)11-19(3)13-7-5-6-8-14(13)23(4,20)21/h12-14H,5-11H2,1-4H3/t13-,14-/m1/s1. The van der Waals surface area contributed by atoms with E-state index >= 15 is 0 Å². The monoisotopic (exact) mass is 343 g/mol. The fourth-order valence-electron chi connectivity index (χ4n) is 3.29. The SMILES string of the molecule is CC(C)CCc1noc(CN(C)[C@@H]2CCCC[C@H]2S(C)(=O)=O)n1. The van der Waals surface area contributed by atoms with Crippen LogP contribution in [0.2, 0.25) is 0 Å². The van der Waals surface area contributed by atoms with Crippen LogP contribution >= 0.6 is 0 Å². The number of hydrogen-bond acceptors (Lipinski definition) is 6. The summed E-state index contributed by atoms with van der Waals surface area (Å²) < 4.78 is 29.4. The molecule has 23 heavy (non-hydrogen) atoms.